The first-order valence-electron chi connectivity index (χ1n) is 8.00. The number of aryl methyl sites for hydroxylation is 1. The van der Waals surface area contributed by atoms with Crippen molar-refractivity contribution in [3.63, 3.8) is 0 Å². The van der Waals surface area contributed by atoms with Crippen molar-refractivity contribution in [1.29, 1.82) is 5.26 Å². The summed E-state index contributed by atoms with van der Waals surface area (Å²) in [4.78, 5) is 10.5. The van der Waals surface area contributed by atoms with Crippen molar-refractivity contribution in [1.82, 2.24) is 14.3 Å². The zero-order valence-electron chi connectivity index (χ0n) is 14.0. The molecule has 1 saturated heterocycles. The van der Waals surface area contributed by atoms with Crippen LogP contribution in [-0.4, -0.2) is 48.9 Å². The van der Waals surface area contributed by atoms with Gasteiger partial charge in [0.15, 0.2) is 0 Å². The van der Waals surface area contributed by atoms with Crippen LogP contribution < -0.4 is 4.90 Å². The van der Waals surface area contributed by atoms with E-state index in [0.29, 0.717) is 37.8 Å². The molecule has 1 aromatic heterocycles. The van der Waals surface area contributed by atoms with E-state index in [0.717, 1.165) is 11.3 Å². The van der Waals surface area contributed by atoms with E-state index in [-0.39, 0.29) is 5.75 Å². The maximum atomic E-state index is 12.6. The Kier molecular flexibility index (Phi) is 4.97. The molecule has 0 N–H and O–H groups in total. The van der Waals surface area contributed by atoms with Crippen molar-refractivity contribution in [2.24, 2.45) is 0 Å². The Bertz CT molecular complexity index is 885. The molecule has 0 unspecified atom stereocenters. The van der Waals surface area contributed by atoms with Crippen LogP contribution in [0, 0.1) is 18.3 Å². The number of sulfonamides is 1. The Labute approximate surface area is 147 Å². The molecule has 1 aliphatic heterocycles. The largest absolute Gasteiger partial charge is 0.338 e. The van der Waals surface area contributed by atoms with Crippen molar-refractivity contribution in [3.05, 3.63) is 53.3 Å². The smallest absolute Gasteiger partial charge is 0.226 e. The Morgan fingerprint density at radius 2 is 1.80 bits per heavy atom. The molecule has 7 nitrogen and oxygen atoms in total. The molecular formula is C17H19N5O2S. The van der Waals surface area contributed by atoms with Gasteiger partial charge < -0.3 is 4.90 Å². The number of rotatable bonds is 4. The van der Waals surface area contributed by atoms with Crippen molar-refractivity contribution in [2.45, 2.75) is 12.7 Å². The molecule has 0 atom stereocenters. The molecule has 8 heteroatoms. The third kappa shape index (κ3) is 4.13. The zero-order valence-corrected chi connectivity index (χ0v) is 14.8. The highest BCUT2D eigenvalue weighted by Gasteiger charge is 2.28. The summed E-state index contributed by atoms with van der Waals surface area (Å²) in [6.07, 6.45) is 0. The monoisotopic (exact) mass is 357 g/mol. The lowest BCUT2D eigenvalue weighted by atomic mass is 10.2. The number of hydrogen-bond acceptors (Lipinski definition) is 6. The van der Waals surface area contributed by atoms with E-state index in [1.54, 1.807) is 6.07 Å². The van der Waals surface area contributed by atoms with Crippen LogP contribution in [0.25, 0.3) is 0 Å². The van der Waals surface area contributed by atoms with E-state index < -0.39 is 10.0 Å². The first-order valence-corrected chi connectivity index (χ1v) is 9.61. The minimum Gasteiger partial charge on any atom is -0.338 e. The van der Waals surface area contributed by atoms with Crippen molar-refractivity contribution < 1.29 is 8.42 Å². The van der Waals surface area contributed by atoms with Crippen LogP contribution in [0.5, 0.6) is 0 Å². The minimum atomic E-state index is -3.35. The maximum absolute atomic E-state index is 12.6. The molecule has 0 radical (unpaired) electrons. The van der Waals surface area contributed by atoms with E-state index in [1.807, 2.05) is 48.2 Å². The van der Waals surface area contributed by atoms with E-state index in [9.17, 15) is 8.42 Å². The third-order valence-electron chi connectivity index (χ3n) is 4.06. The number of nitrogens with zero attached hydrogens (tertiary/aromatic N) is 5. The Morgan fingerprint density at radius 3 is 2.44 bits per heavy atom. The SMILES string of the molecule is Cc1cc(C#N)nc(N2CCN(S(=O)(=O)Cc3ccccc3)CC2)n1. The van der Waals surface area contributed by atoms with Crippen LogP contribution in [-0.2, 0) is 15.8 Å². The quantitative estimate of drug-likeness (QED) is 0.819. The molecule has 1 aromatic carbocycles. The molecule has 3 rings (SSSR count). The lowest BCUT2D eigenvalue weighted by Gasteiger charge is -2.34. The maximum Gasteiger partial charge on any atom is 0.226 e. The Hall–Kier alpha value is -2.50. The molecule has 25 heavy (non-hydrogen) atoms. The number of benzene rings is 1. The second kappa shape index (κ2) is 7.17. The third-order valence-corrected chi connectivity index (χ3v) is 5.91. The first kappa shape index (κ1) is 17.3. The summed E-state index contributed by atoms with van der Waals surface area (Å²) < 4.78 is 26.7. The first-order chi connectivity index (χ1) is 12.0. The van der Waals surface area contributed by atoms with Gasteiger partial charge in [0.1, 0.15) is 11.8 Å². The van der Waals surface area contributed by atoms with Crippen molar-refractivity contribution in [3.8, 4) is 6.07 Å². The molecule has 130 valence electrons. The van der Waals surface area contributed by atoms with Crippen molar-refractivity contribution >= 4 is 16.0 Å². The highest BCUT2D eigenvalue weighted by molar-refractivity contribution is 7.88. The molecular weight excluding hydrogens is 338 g/mol. The Balaban J connectivity index is 1.67. The molecule has 0 bridgehead atoms. The van der Waals surface area contributed by atoms with Gasteiger partial charge in [-0.05, 0) is 18.6 Å². The molecule has 1 aliphatic rings. The summed E-state index contributed by atoms with van der Waals surface area (Å²) in [7, 11) is -3.35. The molecule has 0 saturated carbocycles. The van der Waals surface area contributed by atoms with Gasteiger partial charge in [0.25, 0.3) is 0 Å². The number of anilines is 1. The number of hydrogen-bond donors (Lipinski definition) is 0. The fraction of sp³-hybridized carbons (Fsp3) is 0.353. The van der Waals surface area contributed by atoms with Crippen LogP contribution in [0.2, 0.25) is 0 Å². The standard InChI is InChI=1S/C17H19N5O2S/c1-14-11-16(12-18)20-17(19-14)21-7-9-22(10-8-21)25(23,24)13-15-5-3-2-4-6-15/h2-6,11H,7-10,13H2,1H3. The fourth-order valence-corrected chi connectivity index (χ4v) is 4.31. The highest BCUT2D eigenvalue weighted by Crippen LogP contribution is 2.17. The van der Waals surface area contributed by atoms with E-state index in [4.69, 9.17) is 5.26 Å². The second-order valence-electron chi connectivity index (χ2n) is 5.93. The molecule has 2 aromatic rings. The second-order valence-corrected chi connectivity index (χ2v) is 7.90. The summed E-state index contributed by atoms with van der Waals surface area (Å²) in [6, 6.07) is 12.8. The van der Waals surface area contributed by atoms with Gasteiger partial charge in [-0.15, -0.1) is 0 Å². The van der Waals surface area contributed by atoms with Crippen LogP contribution >= 0.6 is 0 Å². The van der Waals surface area contributed by atoms with Gasteiger partial charge in [0.2, 0.25) is 16.0 Å². The summed E-state index contributed by atoms with van der Waals surface area (Å²) in [6.45, 7) is 3.58. The molecule has 0 amide bonds. The summed E-state index contributed by atoms with van der Waals surface area (Å²) >= 11 is 0. The number of nitriles is 1. The predicted molar refractivity (Wildman–Crippen MR) is 94.3 cm³/mol. The average Bonchev–Trinajstić information content (AvgIpc) is 2.62. The van der Waals surface area contributed by atoms with Crippen LogP contribution in [0.1, 0.15) is 17.0 Å². The van der Waals surface area contributed by atoms with Gasteiger partial charge >= 0.3 is 0 Å². The Morgan fingerprint density at radius 1 is 1.12 bits per heavy atom. The van der Waals surface area contributed by atoms with E-state index >= 15 is 0 Å². The summed E-state index contributed by atoms with van der Waals surface area (Å²) in [5.41, 5.74) is 1.83. The lowest BCUT2D eigenvalue weighted by molar-refractivity contribution is 0.382. The van der Waals surface area contributed by atoms with Gasteiger partial charge in [-0.2, -0.15) is 9.57 Å². The van der Waals surface area contributed by atoms with E-state index in [2.05, 4.69) is 9.97 Å². The van der Waals surface area contributed by atoms with Gasteiger partial charge in [-0.25, -0.2) is 18.4 Å². The summed E-state index contributed by atoms with van der Waals surface area (Å²) in [5.74, 6) is 0.490. The fourth-order valence-electron chi connectivity index (χ4n) is 2.79. The van der Waals surface area contributed by atoms with E-state index in [1.165, 1.54) is 4.31 Å². The van der Waals surface area contributed by atoms with Crippen LogP contribution in [0.15, 0.2) is 36.4 Å². The van der Waals surface area contributed by atoms with Gasteiger partial charge in [0, 0.05) is 31.9 Å². The van der Waals surface area contributed by atoms with Gasteiger partial charge in [-0.1, -0.05) is 30.3 Å². The molecule has 0 aliphatic carbocycles. The van der Waals surface area contributed by atoms with Gasteiger partial charge in [-0.3, -0.25) is 0 Å². The molecule has 2 heterocycles. The van der Waals surface area contributed by atoms with Gasteiger partial charge in [0.05, 0.1) is 5.75 Å². The normalized spacial score (nSPS) is 15.8. The van der Waals surface area contributed by atoms with Crippen LogP contribution in [0.4, 0.5) is 5.95 Å². The van der Waals surface area contributed by atoms with Crippen LogP contribution in [0.3, 0.4) is 0 Å². The van der Waals surface area contributed by atoms with Crippen molar-refractivity contribution in [2.75, 3.05) is 31.1 Å². The summed E-state index contributed by atoms with van der Waals surface area (Å²) in [5, 5.41) is 9.03. The predicted octanol–water partition coefficient (Wildman–Crippen LogP) is 1.31. The topological polar surface area (TPSA) is 90.2 Å². The highest BCUT2D eigenvalue weighted by atomic mass is 32.2. The molecule has 1 fully saturated rings. The zero-order chi connectivity index (χ0) is 17.9. The number of aromatic nitrogens is 2. The molecule has 0 spiro atoms. The number of piperazine rings is 1. The minimum absolute atomic E-state index is 0.00731. The average molecular weight is 357 g/mol. The lowest BCUT2D eigenvalue weighted by Crippen LogP contribution is -2.49.